The lowest BCUT2D eigenvalue weighted by molar-refractivity contribution is -0.143. The average molecular weight is 987 g/mol. The maximum absolute atomic E-state index is 14.3. The predicted molar refractivity (Wildman–Crippen MR) is 253 cm³/mol. The van der Waals surface area contributed by atoms with Crippen LogP contribution in [0.5, 0.6) is 11.5 Å². The van der Waals surface area contributed by atoms with Crippen LogP contribution in [-0.4, -0.2) is 144 Å². The molecule has 4 rings (SSSR count). The van der Waals surface area contributed by atoms with Gasteiger partial charge in [0.25, 0.3) is 0 Å². The number of carboxylic acids is 2. The minimum Gasteiger partial charge on any atom is -0.508 e. The molecule has 0 spiro atoms. The van der Waals surface area contributed by atoms with Crippen LogP contribution >= 0.6 is 0 Å². The number of carbonyl (C=O) groups excluding carboxylic acids is 6. The summed E-state index contributed by atoms with van der Waals surface area (Å²) in [6, 6.07) is 8.87. The number of aliphatic hydroxyl groups is 1. The Balaban J connectivity index is 1.56. The monoisotopic (exact) mass is 986 g/mol. The summed E-state index contributed by atoms with van der Waals surface area (Å²) >= 11 is 0. The number of aromatic hydroxyl groups is 2. The fourth-order valence-electron chi connectivity index (χ4n) is 6.92. The minimum atomic E-state index is -1.93. The molecule has 4 aromatic rings. The molecule has 18 N–H and O–H groups in total. The Morgan fingerprint density at radius 3 is 1.58 bits per heavy atom. The number of aliphatic carboxylic acids is 2. The first-order chi connectivity index (χ1) is 33.8. The lowest BCUT2D eigenvalue weighted by Gasteiger charge is -2.27. The van der Waals surface area contributed by atoms with Crippen LogP contribution in [-0.2, 0) is 64.0 Å². The molecule has 0 aliphatic carbocycles. The van der Waals surface area contributed by atoms with Crippen LogP contribution in [0.1, 0.15) is 41.6 Å². The zero-order valence-electron chi connectivity index (χ0n) is 38.2. The van der Waals surface area contributed by atoms with Crippen molar-refractivity contribution in [1.29, 1.82) is 0 Å². The second kappa shape index (κ2) is 27.4. The number of rotatable bonds is 28. The number of hydrogen-bond donors (Lipinski definition) is 15. The van der Waals surface area contributed by atoms with Gasteiger partial charge in [0.1, 0.15) is 47.8 Å². The molecule has 0 aliphatic heterocycles. The van der Waals surface area contributed by atoms with Crippen molar-refractivity contribution >= 4 is 53.3 Å². The number of carboxylic acid groups (broad SMARTS) is 2. The van der Waals surface area contributed by atoms with E-state index in [1.54, 1.807) is 30.3 Å². The van der Waals surface area contributed by atoms with Crippen molar-refractivity contribution in [3.05, 3.63) is 114 Å². The van der Waals surface area contributed by atoms with Crippen LogP contribution in [0.25, 0.3) is 0 Å². The van der Waals surface area contributed by atoms with Gasteiger partial charge in [-0.2, -0.15) is 0 Å². The normalized spacial score (nSPS) is 13.8. The zero-order chi connectivity index (χ0) is 52.0. The second-order valence-corrected chi connectivity index (χ2v) is 16.3. The molecule has 0 bridgehead atoms. The summed E-state index contributed by atoms with van der Waals surface area (Å²) in [7, 11) is 0. The molecular weight excluding hydrogens is 929 g/mol. The number of nitrogens with zero attached hydrogens (tertiary/aromatic N) is 2. The number of phenols is 2. The van der Waals surface area contributed by atoms with Crippen molar-refractivity contribution in [1.82, 2.24) is 41.9 Å². The summed E-state index contributed by atoms with van der Waals surface area (Å²) in [6.07, 6.45) is 1.11. The summed E-state index contributed by atoms with van der Waals surface area (Å²) in [5.41, 5.74) is 19.2. The lowest BCUT2D eigenvalue weighted by atomic mass is 10.0. The number of phenolic OH excluding ortho intramolecular Hbond substituents is 2. The van der Waals surface area contributed by atoms with Gasteiger partial charge in [-0.1, -0.05) is 54.6 Å². The van der Waals surface area contributed by atoms with E-state index in [0.717, 1.165) is 5.56 Å². The number of H-pyrrole nitrogens is 1. The number of amides is 6. The van der Waals surface area contributed by atoms with Gasteiger partial charge in [0.2, 0.25) is 35.4 Å². The number of hydrogen-bond acceptors (Lipinski definition) is 14. The van der Waals surface area contributed by atoms with Crippen LogP contribution in [0.15, 0.2) is 96.4 Å². The Labute approximate surface area is 406 Å². The van der Waals surface area contributed by atoms with E-state index in [9.17, 15) is 63.9 Å². The number of carbonyl (C=O) groups is 8. The summed E-state index contributed by atoms with van der Waals surface area (Å²) in [5, 5.41) is 63.6. The van der Waals surface area contributed by atoms with Gasteiger partial charge in [-0.05, 0) is 60.2 Å². The fourth-order valence-corrected chi connectivity index (χ4v) is 6.92. The number of benzene rings is 3. The van der Waals surface area contributed by atoms with E-state index in [1.807, 2.05) is 0 Å². The third-order valence-corrected chi connectivity index (χ3v) is 10.7. The smallest absolute Gasteiger partial charge is 0.326 e. The van der Waals surface area contributed by atoms with Gasteiger partial charge in [0.05, 0.1) is 25.4 Å². The molecule has 380 valence electrons. The predicted octanol–water partition coefficient (Wildman–Crippen LogP) is -3.07. The molecule has 7 atom stereocenters. The van der Waals surface area contributed by atoms with Crippen molar-refractivity contribution < 1.29 is 63.9 Å². The van der Waals surface area contributed by atoms with Gasteiger partial charge in [-0.15, -0.1) is 0 Å². The molecule has 71 heavy (non-hydrogen) atoms. The Hall–Kier alpha value is -8.58. The molecule has 25 heteroatoms. The Morgan fingerprint density at radius 2 is 1.04 bits per heavy atom. The fraction of sp³-hybridized carbons (Fsp3) is 0.348. The van der Waals surface area contributed by atoms with E-state index in [0.29, 0.717) is 16.8 Å². The molecular formula is C46H58N12O13. The largest absolute Gasteiger partial charge is 0.508 e. The molecule has 7 unspecified atom stereocenters. The Kier molecular flexibility index (Phi) is 21.3. The van der Waals surface area contributed by atoms with Gasteiger partial charge in [-0.25, -0.2) is 9.78 Å². The van der Waals surface area contributed by atoms with Crippen LogP contribution in [0, 0.1) is 0 Å². The number of aliphatic hydroxyl groups excluding tert-OH is 1. The number of nitrogens with two attached hydrogens (primary N) is 3. The highest BCUT2D eigenvalue weighted by molar-refractivity contribution is 5.98. The van der Waals surface area contributed by atoms with E-state index in [1.165, 1.54) is 61.1 Å². The zero-order valence-corrected chi connectivity index (χ0v) is 38.2. The first-order valence-corrected chi connectivity index (χ1v) is 22.1. The third kappa shape index (κ3) is 18.8. The highest BCUT2D eigenvalue weighted by Crippen LogP contribution is 2.14. The van der Waals surface area contributed by atoms with Gasteiger partial charge in [0, 0.05) is 37.7 Å². The van der Waals surface area contributed by atoms with Crippen molar-refractivity contribution in [2.45, 2.75) is 87.2 Å². The molecule has 0 radical (unpaired) electrons. The Bertz CT molecular complexity index is 2450. The van der Waals surface area contributed by atoms with Crippen molar-refractivity contribution in [3.63, 3.8) is 0 Å². The van der Waals surface area contributed by atoms with Crippen LogP contribution < -0.4 is 49.1 Å². The lowest BCUT2D eigenvalue weighted by Crippen LogP contribution is -2.61. The van der Waals surface area contributed by atoms with E-state index >= 15 is 0 Å². The van der Waals surface area contributed by atoms with Crippen LogP contribution in [0.4, 0.5) is 0 Å². The SMILES string of the molecule is NC(N)=NCCCC(NC(=O)C(Cc1cnc[nH]1)NC(=O)C(N)Cc1ccccc1)C(=O)NC(Cc1ccc(O)cc1)C(=O)NC(CO)C(=O)NC(CC(=O)O)C(=O)NC(Cc1ccc(O)cc1)C(=O)O. The molecule has 3 aromatic carbocycles. The number of nitrogens with one attached hydrogen (secondary N) is 7. The number of aromatic amines is 1. The molecule has 0 saturated carbocycles. The maximum Gasteiger partial charge on any atom is 0.326 e. The number of aliphatic imine (C=N–C) groups is 1. The standard InChI is InChI=1S/C46H58N12O13/c47-31(17-25-5-2-1-3-6-25)39(64)54-34(20-28-22-50-24-52-28)42(67)53-32(7-4-16-51-46(48)49)40(65)55-33(18-26-8-12-29(60)13-9-26)41(66)58-37(23-59)44(69)56-35(21-38(62)63)43(68)57-36(45(70)71)19-27-10-14-30(61)15-11-27/h1-3,5-6,8-15,22,24,31-37,59-61H,4,7,16-21,23,47H2,(H,50,52)(H,53,67)(H,54,64)(H,55,65)(H,56,69)(H,57,68)(H,58,66)(H,62,63)(H,70,71)(H4,48,49,51). The summed E-state index contributed by atoms with van der Waals surface area (Å²) < 4.78 is 0. The molecule has 0 fully saturated rings. The topological polar surface area (TPSA) is 429 Å². The van der Waals surface area contributed by atoms with E-state index < -0.39 is 103 Å². The first-order valence-electron chi connectivity index (χ1n) is 22.1. The first kappa shape index (κ1) is 55.0. The molecule has 25 nitrogen and oxygen atoms in total. The number of aromatic nitrogens is 2. The van der Waals surface area contributed by atoms with Gasteiger partial charge in [-0.3, -0.25) is 38.6 Å². The molecule has 0 aliphatic rings. The molecule has 1 aromatic heterocycles. The molecule has 1 heterocycles. The van der Waals surface area contributed by atoms with Crippen molar-refractivity contribution in [2.24, 2.45) is 22.2 Å². The van der Waals surface area contributed by atoms with E-state index in [4.69, 9.17) is 17.2 Å². The highest BCUT2D eigenvalue weighted by atomic mass is 16.4. The average Bonchev–Trinajstić information content (AvgIpc) is 3.85. The van der Waals surface area contributed by atoms with Crippen LogP contribution in [0.3, 0.4) is 0 Å². The van der Waals surface area contributed by atoms with Gasteiger partial charge < -0.3 is 79.6 Å². The molecule has 0 saturated heterocycles. The second-order valence-electron chi connectivity index (χ2n) is 16.3. The van der Waals surface area contributed by atoms with Crippen LogP contribution in [0.2, 0.25) is 0 Å². The summed E-state index contributed by atoms with van der Waals surface area (Å²) in [5.74, 6) is -9.65. The van der Waals surface area contributed by atoms with E-state index in [-0.39, 0.29) is 62.5 Å². The van der Waals surface area contributed by atoms with E-state index in [2.05, 4.69) is 46.9 Å². The quantitative estimate of drug-likeness (QED) is 0.0153. The maximum atomic E-state index is 14.3. The molecule has 6 amide bonds. The third-order valence-electron chi connectivity index (χ3n) is 10.7. The number of imidazole rings is 1. The Morgan fingerprint density at radius 1 is 0.577 bits per heavy atom. The summed E-state index contributed by atoms with van der Waals surface area (Å²) in [6.45, 7) is -1.12. The highest BCUT2D eigenvalue weighted by Gasteiger charge is 2.35. The number of guanidine groups is 1. The van der Waals surface area contributed by atoms with Crippen molar-refractivity contribution in [2.75, 3.05) is 13.2 Å². The van der Waals surface area contributed by atoms with Gasteiger partial charge in [0.15, 0.2) is 5.96 Å². The summed E-state index contributed by atoms with van der Waals surface area (Å²) in [4.78, 5) is 117. The van der Waals surface area contributed by atoms with Gasteiger partial charge >= 0.3 is 11.9 Å². The minimum absolute atomic E-state index is 0.00558. The van der Waals surface area contributed by atoms with Crippen molar-refractivity contribution in [3.8, 4) is 11.5 Å².